The van der Waals surface area contributed by atoms with Crippen LogP contribution in [0.3, 0.4) is 0 Å². The fourth-order valence-corrected chi connectivity index (χ4v) is 2.07. The third-order valence-electron chi connectivity index (χ3n) is 3.55. The third-order valence-corrected chi connectivity index (χ3v) is 3.55. The summed E-state index contributed by atoms with van der Waals surface area (Å²) in [7, 11) is 0. The number of carbonyl (C=O) groups is 2. The average molecular weight is 344 g/mol. The molecule has 0 aliphatic rings. The Morgan fingerprint density at radius 2 is 1.88 bits per heavy atom. The maximum absolute atomic E-state index is 12.0. The van der Waals surface area contributed by atoms with Gasteiger partial charge in [-0.3, -0.25) is 14.9 Å². The van der Waals surface area contributed by atoms with Gasteiger partial charge in [0.05, 0.1) is 10.5 Å². The Hall–Kier alpha value is -3.42. The number of nitro groups is 1. The van der Waals surface area contributed by atoms with Gasteiger partial charge in [0.25, 0.3) is 5.91 Å². The molecule has 0 radical (unpaired) electrons. The highest BCUT2D eigenvalue weighted by Crippen LogP contribution is 2.28. The fourth-order valence-electron chi connectivity index (χ4n) is 2.07. The first-order valence-corrected chi connectivity index (χ1v) is 7.29. The van der Waals surface area contributed by atoms with E-state index in [9.17, 15) is 19.7 Å². The van der Waals surface area contributed by atoms with Gasteiger partial charge in [-0.1, -0.05) is 6.07 Å². The molecule has 0 bridgehead atoms. The molecule has 2 aromatic carbocycles. The Labute approximate surface area is 143 Å². The number of aryl methyl sites for hydroxylation is 2. The van der Waals surface area contributed by atoms with Crippen molar-refractivity contribution in [2.45, 2.75) is 13.8 Å². The summed E-state index contributed by atoms with van der Waals surface area (Å²) >= 11 is 0. The molecule has 8 heteroatoms. The van der Waals surface area contributed by atoms with E-state index in [1.54, 1.807) is 12.1 Å². The number of nitrogens with zero attached hydrogens (tertiary/aromatic N) is 1. The summed E-state index contributed by atoms with van der Waals surface area (Å²) in [5, 5.41) is 22.6. The van der Waals surface area contributed by atoms with Crippen molar-refractivity contribution >= 4 is 23.3 Å². The molecule has 0 saturated heterocycles. The number of carboxylic acid groups (broad SMARTS) is 1. The lowest BCUT2D eigenvalue weighted by Crippen LogP contribution is -2.20. The summed E-state index contributed by atoms with van der Waals surface area (Å²) in [6.45, 7) is 3.36. The summed E-state index contributed by atoms with van der Waals surface area (Å²) in [5.74, 6) is -2.04. The molecule has 2 rings (SSSR count). The Morgan fingerprint density at radius 1 is 1.16 bits per heavy atom. The standard InChI is InChI=1S/C17H16N2O6/c1-10-3-5-13(7-11(10)2)18-16(20)9-25-15-8-12(17(21)22)4-6-14(15)19(23)24/h3-8H,9H2,1-2H3,(H,18,20)(H,21,22). The Morgan fingerprint density at radius 3 is 2.48 bits per heavy atom. The van der Waals surface area contributed by atoms with Gasteiger partial charge in [0.15, 0.2) is 12.4 Å². The SMILES string of the molecule is Cc1ccc(NC(=O)COc2cc(C(=O)O)ccc2[N+](=O)[O-])cc1C. The number of ether oxygens (including phenoxy) is 1. The summed E-state index contributed by atoms with van der Waals surface area (Å²) in [5.41, 5.74) is 2.07. The summed E-state index contributed by atoms with van der Waals surface area (Å²) in [4.78, 5) is 33.2. The van der Waals surface area contributed by atoms with E-state index in [0.29, 0.717) is 5.69 Å². The smallest absolute Gasteiger partial charge is 0.335 e. The number of carbonyl (C=O) groups excluding carboxylic acids is 1. The van der Waals surface area contributed by atoms with Crippen molar-refractivity contribution in [2.24, 2.45) is 0 Å². The van der Waals surface area contributed by atoms with Gasteiger partial charge in [-0.2, -0.15) is 0 Å². The number of amides is 1. The van der Waals surface area contributed by atoms with Gasteiger partial charge < -0.3 is 15.2 Å². The van der Waals surface area contributed by atoms with Crippen LogP contribution in [0, 0.1) is 24.0 Å². The Bertz CT molecular complexity index is 847. The summed E-state index contributed by atoms with van der Waals surface area (Å²) in [6.07, 6.45) is 0. The minimum atomic E-state index is -1.25. The number of carboxylic acids is 1. The zero-order valence-electron chi connectivity index (χ0n) is 13.6. The van der Waals surface area contributed by atoms with Crippen LogP contribution in [0.25, 0.3) is 0 Å². The molecule has 0 aromatic heterocycles. The first kappa shape index (κ1) is 17.9. The molecule has 0 aliphatic heterocycles. The molecule has 0 saturated carbocycles. The molecule has 8 nitrogen and oxygen atoms in total. The van der Waals surface area contributed by atoms with Crippen molar-refractivity contribution in [3.05, 3.63) is 63.2 Å². The summed E-state index contributed by atoms with van der Waals surface area (Å²) < 4.78 is 5.16. The van der Waals surface area contributed by atoms with Crippen molar-refractivity contribution < 1.29 is 24.4 Å². The van der Waals surface area contributed by atoms with Gasteiger partial charge in [0.1, 0.15) is 0 Å². The van der Waals surface area contributed by atoms with Crippen LogP contribution in [-0.4, -0.2) is 28.5 Å². The van der Waals surface area contributed by atoms with Crippen LogP contribution >= 0.6 is 0 Å². The second-order valence-corrected chi connectivity index (χ2v) is 5.38. The van der Waals surface area contributed by atoms with Crippen LogP contribution in [-0.2, 0) is 4.79 Å². The van der Waals surface area contributed by atoms with Crippen LogP contribution in [0.5, 0.6) is 5.75 Å². The molecule has 1 amide bonds. The lowest BCUT2D eigenvalue weighted by atomic mass is 10.1. The Balaban J connectivity index is 2.10. The molecule has 0 atom stereocenters. The predicted molar refractivity (Wildman–Crippen MR) is 90.1 cm³/mol. The molecule has 25 heavy (non-hydrogen) atoms. The van der Waals surface area contributed by atoms with Crippen LogP contribution < -0.4 is 10.1 Å². The highest BCUT2D eigenvalue weighted by molar-refractivity contribution is 5.92. The number of anilines is 1. The zero-order chi connectivity index (χ0) is 18.6. The number of benzene rings is 2. The van der Waals surface area contributed by atoms with Crippen molar-refractivity contribution in [2.75, 3.05) is 11.9 Å². The van der Waals surface area contributed by atoms with E-state index in [0.717, 1.165) is 29.3 Å². The van der Waals surface area contributed by atoms with Crippen LogP contribution in [0.1, 0.15) is 21.5 Å². The van der Waals surface area contributed by atoms with E-state index in [1.807, 2.05) is 19.9 Å². The van der Waals surface area contributed by atoms with Crippen LogP contribution in [0.2, 0.25) is 0 Å². The van der Waals surface area contributed by atoms with E-state index >= 15 is 0 Å². The normalized spacial score (nSPS) is 10.2. The van der Waals surface area contributed by atoms with E-state index in [1.165, 1.54) is 0 Å². The highest BCUT2D eigenvalue weighted by Gasteiger charge is 2.19. The van der Waals surface area contributed by atoms with Crippen molar-refractivity contribution in [3.8, 4) is 5.75 Å². The average Bonchev–Trinajstić information content (AvgIpc) is 2.55. The highest BCUT2D eigenvalue weighted by atomic mass is 16.6. The molecule has 0 unspecified atom stereocenters. The van der Waals surface area contributed by atoms with E-state index < -0.39 is 29.1 Å². The molecule has 2 N–H and O–H groups in total. The van der Waals surface area contributed by atoms with Gasteiger partial charge in [-0.05, 0) is 43.2 Å². The third kappa shape index (κ3) is 4.54. The first-order valence-electron chi connectivity index (χ1n) is 7.29. The number of hydrogen-bond donors (Lipinski definition) is 2. The molecule has 130 valence electrons. The van der Waals surface area contributed by atoms with Crippen molar-refractivity contribution in [1.29, 1.82) is 0 Å². The number of aromatic carboxylic acids is 1. The monoisotopic (exact) mass is 344 g/mol. The molecular weight excluding hydrogens is 328 g/mol. The van der Waals surface area contributed by atoms with E-state index in [-0.39, 0.29) is 11.3 Å². The lowest BCUT2D eigenvalue weighted by Gasteiger charge is -2.09. The molecule has 0 fully saturated rings. The largest absolute Gasteiger partial charge is 0.478 e. The number of hydrogen-bond acceptors (Lipinski definition) is 5. The second kappa shape index (κ2) is 7.43. The minimum absolute atomic E-state index is 0.171. The number of rotatable bonds is 6. The molecule has 0 heterocycles. The van der Waals surface area contributed by atoms with Gasteiger partial charge in [0, 0.05) is 17.8 Å². The number of nitro benzene ring substituents is 1. The summed E-state index contributed by atoms with van der Waals surface area (Å²) in [6, 6.07) is 8.52. The van der Waals surface area contributed by atoms with Crippen molar-refractivity contribution in [1.82, 2.24) is 0 Å². The van der Waals surface area contributed by atoms with E-state index in [4.69, 9.17) is 9.84 Å². The predicted octanol–water partition coefficient (Wildman–Crippen LogP) is 2.93. The molecular formula is C17H16N2O6. The topological polar surface area (TPSA) is 119 Å². The fraction of sp³-hybridized carbons (Fsp3) is 0.176. The second-order valence-electron chi connectivity index (χ2n) is 5.38. The van der Waals surface area contributed by atoms with Gasteiger partial charge in [0.2, 0.25) is 0 Å². The quantitative estimate of drug-likeness (QED) is 0.614. The minimum Gasteiger partial charge on any atom is -0.478 e. The first-order chi connectivity index (χ1) is 11.8. The zero-order valence-corrected chi connectivity index (χ0v) is 13.6. The maximum Gasteiger partial charge on any atom is 0.335 e. The van der Waals surface area contributed by atoms with Gasteiger partial charge in [-0.15, -0.1) is 0 Å². The van der Waals surface area contributed by atoms with E-state index in [2.05, 4.69) is 5.32 Å². The molecule has 2 aromatic rings. The lowest BCUT2D eigenvalue weighted by molar-refractivity contribution is -0.385. The molecule has 0 spiro atoms. The number of nitrogens with one attached hydrogen (secondary N) is 1. The maximum atomic E-state index is 12.0. The van der Waals surface area contributed by atoms with Gasteiger partial charge >= 0.3 is 11.7 Å². The molecule has 0 aliphatic carbocycles. The van der Waals surface area contributed by atoms with Crippen LogP contribution in [0.4, 0.5) is 11.4 Å². The van der Waals surface area contributed by atoms with Gasteiger partial charge in [-0.25, -0.2) is 4.79 Å². The van der Waals surface area contributed by atoms with Crippen LogP contribution in [0.15, 0.2) is 36.4 Å². The Kier molecular flexibility index (Phi) is 5.33. The van der Waals surface area contributed by atoms with Crippen molar-refractivity contribution in [3.63, 3.8) is 0 Å².